The maximum Gasteiger partial charge on any atom is 0.326 e. The molecule has 1 rings (SSSR count). The van der Waals surface area contributed by atoms with Gasteiger partial charge in [0.15, 0.2) is 5.78 Å². The number of carboxylic acids is 2. The fourth-order valence-electron chi connectivity index (χ4n) is 4.87. The molecule has 0 saturated heterocycles. The molecule has 0 aromatic carbocycles. The van der Waals surface area contributed by atoms with E-state index in [1.165, 1.54) is 0 Å². The van der Waals surface area contributed by atoms with Gasteiger partial charge in [0.1, 0.15) is 12.6 Å². The first kappa shape index (κ1) is 41.4. The molecule has 17 nitrogen and oxygen atoms in total. The molecular formula is C30H52N6O11. The van der Waals surface area contributed by atoms with Gasteiger partial charge in [-0.1, -0.05) is 13.3 Å². The third kappa shape index (κ3) is 19.6. The highest BCUT2D eigenvalue weighted by atomic mass is 16.5. The zero-order valence-electron chi connectivity index (χ0n) is 27.2. The highest BCUT2D eigenvalue weighted by Gasteiger charge is 2.29. The quantitative estimate of drug-likeness (QED) is 0.0476. The lowest BCUT2D eigenvalue weighted by Gasteiger charge is -2.28. The molecule has 0 bridgehead atoms. The van der Waals surface area contributed by atoms with E-state index in [0.717, 1.165) is 19.3 Å². The van der Waals surface area contributed by atoms with Crippen LogP contribution in [0.25, 0.3) is 0 Å². The van der Waals surface area contributed by atoms with Crippen LogP contribution in [0.2, 0.25) is 0 Å². The van der Waals surface area contributed by atoms with Gasteiger partial charge in [0.2, 0.25) is 23.6 Å². The summed E-state index contributed by atoms with van der Waals surface area (Å²) in [7, 11) is 0. The number of carbonyl (C=O) groups excluding carboxylic acids is 5. The van der Waals surface area contributed by atoms with E-state index in [2.05, 4.69) is 33.5 Å². The van der Waals surface area contributed by atoms with Crippen LogP contribution >= 0.6 is 0 Å². The van der Waals surface area contributed by atoms with E-state index in [0.29, 0.717) is 31.8 Å². The lowest BCUT2D eigenvalue weighted by molar-refractivity contribution is -0.143. The van der Waals surface area contributed by atoms with Gasteiger partial charge in [-0.2, -0.15) is 0 Å². The molecule has 0 spiro atoms. The number of carboxylic acid groups (broad SMARTS) is 2. The van der Waals surface area contributed by atoms with Gasteiger partial charge in [0, 0.05) is 38.4 Å². The first-order valence-electron chi connectivity index (χ1n) is 16.1. The van der Waals surface area contributed by atoms with Crippen molar-refractivity contribution in [1.82, 2.24) is 26.6 Å². The second-order valence-electron chi connectivity index (χ2n) is 11.3. The van der Waals surface area contributed by atoms with Crippen molar-refractivity contribution >= 4 is 41.4 Å². The fourth-order valence-corrected chi connectivity index (χ4v) is 4.87. The molecule has 1 saturated carbocycles. The van der Waals surface area contributed by atoms with Crippen molar-refractivity contribution in [2.75, 3.05) is 59.2 Å². The molecule has 268 valence electrons. The van der Waals surface area contributed by atoms with Crippen LogP contribution in [0.5, 0.6) is 0 Å². The predicted molar refractivity (Wildman–Crippen MR) is 168 cm³/mol. The van der Waals surface area contributed by atoms with Gasteiger partial charge in [0.25, 0.3) is 0 Å². The SMILES string of the molecule is CCC1CCC(C(=O)NC(CCC(=O)NC(CCC(=O)O)C(=O)CNCCOCCOCC(=O)NCC(=O)NCCN)C(=O)O)CC1. The fraction of sp³-hybridized carbons (Fsp3) is 0.767. The van der Waals surface area contributed by atoms with Crippen LogP contribution in [0.15, 0.2) is 0 Å². The van der Waals surface area contributed by atoms with Crippen LogP contribution < -0.4 is 32.3 Å². The number of ether oxygens (including phenoxy) is 2. The first-order chi connectivity index (χ1) is 22.5. The number of ketones is 1. The van der Waals surface area contributed by atoms with Crippen LogP contribution in [0, 0.1) is 11.8 Å². The number of aliphatic carboxylic acids is 2. The van der Waals surface area contributed by atoms with Crippen molar-refractivity contribution < 1.29 is 53.2 Å². The Morgan fingerprint density at radius 2 is 1.45 bits per heavy atom. The Labute approximate surface area is 274 Å². The van der Waals surface area contributed by atoms with Crippen molar-refractivity contribution in [3.05, 3.63) is 0 Å². The number of Topliss-reactive ketones (excluding diaryl/α,β-unsaturated/α-hetero) is 1. The van der Waals surface area contributed by atoms with Crippen molar-refractivity contribution in [2.45, 2.75) is 76.8 Å². The topological polar surface area (TPSA) is 265 Å². The third-order valence-corrected chi connectivity index (χ3v) is 7.68. The Hall–Kier alpha value is -3.67. The Balaban J connectivity index is 2.35. The van der Waals surface area contributed by atoms with E-state index in [1.807, 2.05) is 0 Å². The van der Waals surface area contributed by atoms with Gasteiger partial charge in [-0.15, -0.1) is 0 Å². The Bertz CT molecular complexity index is 1020. The Morgan fingerprint density at radius 1 is 0.766 bits per heavy atom. The molecule has 1 aliphatic carbocycles. The monoisotopic (exact) mass is 672 g/mol. The number of nitrogens with two attached hydrogens (primary N) is 1. The second kappa shape index (κ2) is 24.5. The average Bonchev–Trinajstić information content (AvgIpc) is 3.05. The standard InChI is InChI=1S/C30H52N6O11/c1-2-20-3-5-21(6-4-20)29(43)36-23(30(44)45)7-9-25(38)35-22(8-10-28(41)42)24(37)17-32-13-14-46-15-16-47-19-27(40)34-18-26(39)33-12-11-31/h20-23,32H,2-19,31H2,1H3,(H,33,39)(H,34,40)(H,35,38)(H,36,43)(H,41,42)(H,44,45). The summed E-state index contributed by atoms with van der Waals surface area (Å²) in [6.07, 6.45) is 3.27. The molecule has 4 amide bonds. The van der Waals surface area contributed by atoms with Crippen LogP contribution in [-0.4, -0.2) is 123 Å². The van der Waals surface area contributed by atoms with E-state index >= 15 is 0 Å². The highest BCUT2D eigenvalue weighted by Crippen LogP contribution is 2.30. The largest absolute Gasteiger partial charge is 0.481 e. The molecule has 1 fully saturated rings. The zero-order chi connectivity index (χ0) is 35.0. The molecule has 17 heteroatoms. The molecule has 9 N–H and O–H groups in total. The normalized spacial score (nSPS) is 17.1. The molecule has 0 radical (unpaired) electrons. The van der Waals surface area contributed by atoms with E-state index in [1.54, 1.807) is 0 Å². The first-order valence-corrected chi connectivity index (χ1v) is 16.1. The van der Waals surface area contributed by atoms with Gasteiger partial charge in [-0.3, -0.25) is 28.8 Å². The van der Waals surface area contributed by atoms with Crippen molar-refractivity contribution in [2.24, 2.45) is 17.6 Å². The lowest BCUT2D eigenvalue weighted by Crippen LogP contribution is -2.47. The summed E-state index contributed by atoms with van der Waals surface area (Å²) in [6.45, 7) is 2.81. The molecule has 1 aliphatic rings. The lowest BCUT2D eigenvalue weighted by atomic mass is 9.80. The second-order valence-corrected chi connectivity index (χ2v) is 11.3. The van der Waals surface area contributed by atoms with Crippen molar-refractivity contribution in [1.29, 1.82) is 0 Å². The minimum atomic E-state index is -1.27. The predicted octanol–water partition coefficient (Wildman–Crippen LogP) is -1.71. The van der Waals surface area contributed by atoms with Crippen LogP contribution in [0.3, 0.4) is 0 Å². The maximum absolute atomic E-state index is 12.7. The Morgan fingerprint density at radius 3 is 2.09 bits per heavy atom. The summed E-state index contributed by atoms with van der Waals surface area (Å²) in [5.41, 5.74) is 5.27. The molecule has 2 unspecified atom stereocenters. The van der Waals surface area contributed by atoms with Gasteiger partial charge < -0.3 is 52.0 Å². The molecule has 0 aromatic heterocycles. The number of rotatable bonds is 26. The molecule has 0 heterocycles. The molecular weight excluding hydrogens is 620 g/mol. The molecule has 0 aromatic rings. The highest BCUT2D eigenvalue weighted by molar-refractivity contribution is 5.91. The minimum absolute atomic E-state index is 0.112. The number of hydrogen-bond donors (Lipinski definition) is 8. The zero-order valence-corrected chi connectivity index (χ0v) is 27.2. The molecule has 47 heavy (non-hydrogen) atoms. The van der Waals surface area contributed by atoms with E-state index in [4.69, 9.17) is 20.3 Å². The van der Waals surface area contributed by atoms with Crippen LogP contribution in [-0.2, 0) is 43.0 Å². The summed E-state index contributed by atoms with van der Waals surface area (Å²) >= 11 is 0. The summed E-state index contributed by atoms with van der Waals surface area (Å²) < 4.78 is 10.5. The van der Waals surface area contributed by atoms with Crippen LogP contribution in [0.1, 0.15) is 64.7 Å². The third-order valence-electron chi connectivity index (χ3n) is 7.68. The minimum Gasteiger partial charge on any atom is -0.481 e. The number of nitrogens with one attached hydrogen (secondary N) is 5. The van der Waals surface area contributed by atoms with E-state index < -0.39 is 41.6 Å². The van der Waals surface area contributed by atoms with Gasteiger partial charge in [0.05, 0.1) is 39.0 Å². The summed E-state index contributed by atoms with van der Waals surface area (Å²) in [6, 6.07) is -2.38. The Kier molecular flexibility index (Phi) is 21.6. The number of carbonyl (C=O) groups is 7. The number of hydrogen-bond acceptors (Lipinski definition) is 11. The van der Waals surface area contributed by atoms with Crippen molar-refractivity contribution in [3.8, 4) is 0 Å². The van der Waals surface area contributed by atoms with Gasteiger partial charge in [-0.05, 0) is 44.4 Å². The smallest absolute Gasteiger partial charge is 0.326 e. The van der Waals surface area contributed by atoms with Crippen molar-refractivity contribution in [3.63, 3.8) is 0 Å². The number of amides is 4. The van der Waals surface area contributed by atoms with E-state index in [9.17, 15) is 38.7 Å². The summed E-state index contributed by atoms with van der Waals surface area (Å²) in [5, 5.41) is 31.4. The van der Waals surface area contributed by atoms with Crippen LogP contribution in [0.4, 0.5) is 0 Å². The molecule has 2 atom stereocenters. The molecule has 0 aliphatic heterocycles. The maximum atomic E-state index is 12.7. The van der Waals surface area contributed by atoms with Gasteiger partial charge >= 0.3 is 11.9 Å². The summed E-state index contributed by atoms with van der Waals surface area (Å²) in [5.74, 6) is -4.36. The van der Waals surface area contributed by atoms with E-state index in [-0.39, 0.29) is 89.5 Å². The average molecular weight is 673 g/mol. The summed E-state index contributed by atoms with van der Waals surface area (Å²) in [4.78, 5) is 83.9. The van der Waals surface area contributed by atoms with Gasteiger partial charge in [-0.25, -0.2) is 4.79 Å².